The minimum Gasteiger partial charge on any atom is -0.429 e. The van der Waals surface area contributed by atoms with E-state index in [0.717, 1.165) is 0 Å². The van der Waals surface area contributed by atoms with Crippen LogP contribution in [0.1, 0.15) is 0 Å². The fraction of sp³-hybridized carbons (Fsp3) is 0.750. The second-order valence-corrected chi connectivity index (χ2v) is 6.03. The van der Waals surface area contributed by atoms with Crippen LogP contribution >= 0.6 is 0 Å². The first-order valence-corrected chi connectivity index (χ1v) is 7.81. The number of halogens is 18. The van der Waals surface area contributed by atoms with Crippen LogP contribution in [-0.4, -0.2) is 70.3 Å². The lowest BCUT2D eigenvalue weighted by Crippen LogP contribution is -2.70. The fourth-order valence-corrected chi connectivity index (χ4v) is 2.13. The topological polar surface area (TPSA) is 69.2 Å². The highest BCUT2D eigenvalue weighted by atomic mass is 19.4. The highest BCUT2D eigenvalue weighted by molar-refractivity contribution is 5.28. The minimum atomic E-state index is -7.51. The number of rotatable bonds is 5. The smallest absolute Gasteiger partial charge is 0.429 e. The Morgan fingerprint density at radius 3 is 0.833 bits per heavy atom. The van der Waals surface area contributed by atoms with Crippen LogP contribution in [0, 0.1) is 0 Å². The number of hydrogen-bond donors (Lipinski definition) is 1. The lowest BCUT2D eigenvalue weighted by molar-refractivity contribution is -0.438. The second kappa shape index (κ2) is 8.62. The number of nitrogens with one attached hydrogen (secondary N) is 1. The van der Waals surface area contributed by atoms with E-state index in [1.54, 1.807) is 0 Å². The van der Waals surface area contributed by atoms with Crippen molar-refractivity contribution in [3.05, 3.63) is 0 Å². The van der Waals surface area contributed by atoms with E-state index in [0.29, 0.717) is 7.05 Å². The van der Waals surface area contributed by atoms with Crippen LogP contribution in [0.4, 0.5) is 85.0 Å². The van der Waals surface area contributed by atoms with Gasteiger partial charge < -0.3 is 14.8 Å². The van der Waals surface area contributed by atoms with Crippen LogP contribution in [0.25, 0.3) is 0 Å². The van der Waals surface area contributed by atoms with Gasteiger partial charge in [-0.05, 0) is 0 Å². The van der Waals surface area contributed by atoms with Gasteiger partial charge in [-0.15, -0.1) is 4.98 Å². The molecular weight excluding hydrogens is 574 g/mol. The highest BCUT2D eigenvalue weighted by Gasteiger charge is 2.88. The van der Waals surface area contributed by atoms with Gasteiger partial charge in [-0.3, -0.25) is 0 Å². The van der Waals surface area contributed by atoms with Crippen molar-refractivity contribution >= 4 is 5.95 Å². The molecule has 6 nitrogen and oxygen atoms in total. The summed E-state index contributed by atoms with van der Waals surface area (Å²) < 4.78 is 239. The molecule has 0 atom stereocenters. The van der Waals surface area contributed by atoms with Gasteiger partial charge >= 0.3 is 60.3 Å². The van der Waals surface area contributed by atoms with Crippen LogP contribution in [-0.2, 0) is 0 Å². The molecule has 0 aliphatic rings. The van der Waals surface area contributed by atoms with Crippen LogP contribution in [0.3, 0.4) is 0 Å². The van der Waals surface area contributed by atoms with Crippen LogP contribution in [0.5, 0.6) is 12.0 Å². The minimum absolute atomic E-state index is 0.470. The Balaban J connectivity index is 3.95. The zero-order valence-electron chi connectivity index (χ0n) is 16.0. The number of aromatic nitrogens is 3. The molecule has 0 aromatic carbocycles. The first-order chi connectivity index (χ1) is 15.6. The number of ether oxygens (including phenoxy) is 2. The van der Waals surface area contributed by atoms with Crippen molar-refractivity contribution in [1.82, 2.24) is 15.0 Å². The lowest BCUT2D eigenvalue weighted by atomic mass is 10.0. The van der Waals surface area contributed by atoms with E-state index in [1.165, 1.54) is 5.32 Å². The summed E-state index contributed by atoms with van der Waals surface area (Å²) in [6, 6.07) is -5.98. The van der Waals surface area contributed by atoms with Gasteiger partial charge in [0.25, 0.3) is 0 Å². The maximum absolute atomic E-state index is 12.9. The number of anilines is 1. The van der Waals surface area contributed by atoms with Crippen molar-refractivity contribution in [1.29, 1.82) is 0 Å². The summed E-state index contributed by atoms with van der Waals surface area (Å²) in [6.45, 7) is 0. The van der Waals surface area contributed by atoms with Gasteiger partial charge in [0.1, 0.15) is 0 Å². The Morgan fingerprint density at radius 2 is 0.667 bits per heavy atom. The van der Waals surface area contributed by atoms with Gasteiger partial charge in [0, 0.05) is 7.05 Å². The summed E-state index contributed by atoms with van der Waals surface area (Å²) in [6.07, 6.45) is -45.1. The Morgan fingerprint density at radius 1 is 0.444 bits per heavy atom. The zero-order chi connectivity index (χ0) is 29.0. The van der Waals surface area contributed by atoms with Gasteiger partial charge in [-0.2, -0.15) is 89.0 Å². The van der Waals surface area contributed by atoms with E-state index in [1.807, 2.05) is 4.98 Å². The molecule has 0 unspecified atom stereocenters. The quantitative estimate of drug-likeness (QED) is 0.465. The van der Waals surface area contributed by atoms with Crippen LogP contribution in [0.15, 0.2) is 0 Å². The number of hydrogen-bond acceptors (Lipinski definition) is 6. The van der Waals surface area contributed by atoms with E-state index in [9.17, 15) is 79.0 Å². The third kappa shape index (κ3) is 5.01. The largest absolute Gasteiger partial charge is 0.447 e. The molecule has 1 aromatic rings. The van der Waals surface area contributed by atoms with Crippen molar-refractivity contribution in [2.75, 3.05) is 12.4 Å². The molecule has 0 saturated heterocycles. The predicted molar refractivity (Wildman–Crippen MR) is 72.4 cm³/mol. The van der Waals surface area contributed by atoms with Crippen molar-refractivity contribution < 1.29 is 88.5 Å². The van der Waals surface area contributed by atoms with Gasteiger partial charge in [-0.25, -0.2) is 0 Å². The molecule has 1 aromatic heterocycles. The summed E-state index contributed by atoms with van der Waals surface area (Å²) in [4.78, 5) is 6.45. The molecule has 0 spiro atoms. The number of alkyl halides is 18. The maximum atomic E-state index is 12.9. The van der Waals surface area contributed by atoms with Crippen molar-refractivity contribution in [3.63, 3.8) is 0 Å². The molecule has 0 aliphatic carbocycles. The monoisotopic (exact) mass is 578 g/mol. The summed E-state index contributed by atoms with van der Waals surface area (Å²) in [5, 5.41) is 1.40. The van der Waals surface area contributed by atoms with Gasteiger partial charge in [-0.1, -0.05) is 0 Å². The summed E-state index contributed by atoms with van der Waals surface area (Å²) in [5.74, 6) is -1.78. The molecule has 210 valence electrons. The molecule has 0 fully saturated rings. The molecule has 0 amide bonds. The van der Waals surface area contributed by atoms with Crippen LogP contribution in [0.2, 0.25) is 0 Å². The average Bonchev–Trinajstić information content (AvgIpc) is 2.57. The third-order valence-corrected chi connectivity index (χ3v) is 3.70. The van der Waals surface area contributed by atoms with E-state index < -0.39 is 66.2 Å². The van der Waals surface area contributed by atoms with E-state index in [-0.39, 0.29) is 0 Å². The fourth-order valence-electron chi connectivity index (χ4n) is 2.13. The normalized spacial score (nSPS) is 15.1. The molecule has 0 radical (unpaired) electrons. The molecule has 1 rings (SSSR count). The number of nitrogens with zero attached hydrogens (tertiary/aromatic N) is 3. The predicted octanol–water partition coefficient (Wildman–Crippen LogP) is 5.52. The summed E-state index contributed by atoms with van der Waals surface area (Å²) >= 11 is 0. The highest BCUT2D eigenvalue weighted by Crippen LogP contribution is 2.56. The van der Waals surface area contributed by atoms with Crippen molar-refractivity contribution in [2.24, 2.45) is 0 Å². The summed E-state index contributed by atoms with van der Waals surface area (Å²) in [7, 11) is 0.470. The maximum Gasteiger partial charge on any atom is 0.447 e. The van der Waals surface area contributed by atoms with Gasteiger partial charge in [0.15, 0.2) is 0 Å². The zero-order valence-corrected chi connectivity index (χ0v) is 16.0. The first kappa shape index (κ1) is 31.2. The molecular formula is C12H4F18N4O2. The van der Waals surface area contributed by atoms with E-state index in [4.69, 9.17) is 0 Å². The van der Waals surface area contributed by atoms with Gasteiger partial charge in [0.05, 0.1) is 0 Å². The van der Waals surface area contributed by atoms with E-state index in [2.05, 4.69) is 19.4 Å². The lowest BCUT2D eigenvalue weighted by Gasteiger charge is -2.38. The third-order valence-electron chi connectivity index (χ3n) is 3.70. The Hall–Kier alpha value is -2.85. The molecule has 24 heteroatoms. The molecule has 1 N–H and O–H groups in total. The van der Waals surface area contributed by atoms with Crippen LogP contribution < -0.4 is 14.8 Å². The van der Waals surface area contributed by atoms with Gasteiger partial charge in [0.2, 0.25) is 5.95 Å². The Kier molecular flexibility index (Phi) is 7.47. The molecule has 1 heterocycles. The van der Waals surface area contributed by atoms with Crippen molar-refractivity contribution in [3.8, 4) is 12.0 Å². The second-order valence-electron chi connectivity index (χ2n) is 6.03. The first-order valence-electron chi connectivity index (χ1n) is 7.81. The standard InChI is InChI=1S/C12H4F18N4O2/c1-31-2-32-3(35-5(7(13,14)15,8(16,17)18)9(19,20)21)34-4(33-2)36-6(10(22,23)24,11(25,26)27)12(28,29)30/h1H3,(H,31,32,33,34). The van der Waals surface area contributed by atoms with Crippen molar-refractivity contribution in [2.45, 2.75) is 48.3 Å². The SMILES string of the molecule is CNc1nc(OC(C(F)(F)F)(C(F)(F)F)C(F)(F)F)nc(OC(C(F)(F)F)(C(F)(F)F)C(F)(F)F)n1. The molecule has 0 saturated carbocycles. The molecule has 0 bridgehead atoms. The average molecular weight is 578 g/mol. The Bertz CT molecular complexity index is 783. The molecule has 36 heavy (non-hydrogen) atoms. The summed E-state index contributed by atoms with van der Waals surface area (Å²) in [5.41, 5.74) is -14.5. The van der Waals surface area contributed by atoms with E-state index >= 15 is 0 Å². The molecule has 0 aliphatic heterocycles. The Labute approximate surface area is 183 Å².